The Morgan fingerprint density at radius 3 is 2.80 bits per heavy atom. The quantitative estimate of drug-likeness (QED) is 0.487. The number of hydrogen-bond donors (Lipinski definition) is 0. The third kappa shape index (κ3) is 4.16. The highest BCUT2D eigenvalue weighted by atomic mass is 35.5. The number of carbonyl (C=O) groups excluding carboxylic acids is 1. The second kappa shape index (κ2) is 9.06. The van der Waals surface area contributed by atoms with E-state index in [4.69, 9.17) is 16.3 Å². The Morgan fingerprint density at radius 2 is 2.03 bits per heavy atom. The molecular weight excluding hydrogens is 469 g/mol. The molecule has 2 saturated heterocycles. The maximum Gasteiger partial charge on any atom is 0.258 e. The molecule has 0 radical (unpaired) electrons. The van der Waals surface area contributed by atoms with Gasteiger partial charge in [-0.3, -0.25) is 9.69 Å². The predicted octanol–water partition coefficient (Wildman–Crippen LogP) is 4.85. The summed E-state index contributed by atoms with van der Waals surface area (Å²) in [6.07, 6.45) is 9.92. The predicted molar refractivity (Wildman–Crippen MR) is 130 cm³/mol. The smallest absolute Gasteiger partial charge is 0.258 e. The van der Waals surface area contributed by atoms with Crippen molar-refractivity contribution in [3.63, 3.8) is 0 Å². The number of halogens is 2. The Morgan fingerprint density at radius 1 is 1.23 bits per heavy atom. The van der Waals surface area contributed by atoms with Crippen LogP contribution < -0.4 is 4.74 Å². The highest BCUT2D eigenvalue weighted by Gasteiger charge is 2.41. The first kappa shape index (κ1) is 22.7. The Hall–Kier alpha value is -2.71. The van der Waals surface area contributed by atoms with E-state index >= 15 is 0 Å². The van der Waals surface area contributed by atoms with Gasteiger partial charge in [0.15, 0.2) is 5.65 Å². The lowest BCUT2D eigenvalue weighted by Gasteiger charge is -2.39. The number of rotatable bonds is 6. The lowest BCUT2D eigenvalue weighted by Crippen LogP contribution is -2.46. The molecule has 1 amide bonds. The van der Waals surface area contributed by atoms with Crippen molar-refractivity contribution < 1.29 is 13.9 Å². The van der Waals surface area contributed by atoms with E-state index in [9.17, 15) is 9.18 Å². The molecule has 0 saturated carbocycles. The number of benzene rings is 1. The average molecular weight is 498 g/mol. The van der Waals surface area contributed by atoms with Crippen LogP contribution in [0.1, 0.15) is 67.1 Å². The maximum atomic E-state index is 14.2. The molecular formula is C26H29ClFN5O2. The van der Waals surface area contributed by atoms with E-state index in [1.165, 1.54) is 37.8 Å². The minimum Gasteiger partial charge on any atom is -0.489 e. The van der Waals surface area contributed by atoms with Gasteiger partial charge < -0.3 is 9.64 Å². The van der Waals surface area contributed by atoms with Gasteiger partial charge in [0.05, 0.1) is 35.6 Å². The zero-order valence-electron chi connectivity index (χ0n) is 19.8. The topological polar surface area (TPSA) is 63.0 Å². The lowest BCUT2D eigenvalue weighted by atomic mass is 9.99. The zero-order valence-corrected chi connectivity index (χ0v) is 20.5. The molecule has 3 atom stereocenters. The third-order valence-electron chi connectivity index (χ3n) is 7.67. The summed E-state index contributed by atoms with van der Waals surface area (Å²) >= 11 is 6.03. The van der Waals surface area contributed by atoms with Crippen molar-refractivity contribution in [1.82, 2.24) is 24.4 Å². The number of amides is 1. The molecule has 5 heterocycles. The molecule has 0 aliphatic carbocycles. The molecule has 2 bridgehead atoms. The summed E-state index contributed by atoms with van der Waals surface area (Å²) in [6, 6.07) is 5.26. The first-order valence-electron chi connectivity index (χ1n) is 12.5. The van der Waals surface area contributed by atoms with Crippen LogP contribution in [-0.2, 0) is 13.1 Å². The average Bonchev–Trinajstić information content (AvgIpc) is 3.46. The fraction of sp³-hybridized carbons (Fsp3) is 0.500. The summed E-state index contributed by atoms with van der Waals surface area (Å²) in [5.74, 6) is -0.248. The van der Waals surface area contributed by atoms with Gasteiger partial charge in [-0.2, -0.15) is 5.10 Å². The molecule has 1 aromatic carbocycles. The summed E-state index contributed by atoms with van der Waals surface area (Å²) < 4.78 is 22.3. The van der Waals surface area contributed by atoms with Crippen molar-refractivity contribution in [3.8, 4) is 5.75 Å². The minimum atomic E-state index is -0.400. The Bertz CT molecular complexity index is 1270. The van der Waals surface area contributed by atoms with Crippen LogP contribution in [0.4, 0.5) is 4.39 Å². The fourth-order valence-corrected chi connectivity index (χ4v) is 6.15. The minimum absolute atomic E-state index is 0.00680. The van der Waals surface area contributed by atoms with Crippen molar-refractivity contribution in [1.29, 1.82) is 0 Å². The van der Waals surface area contributed by atoms with E-state index in [1.807, 2.05) is 0 Å². The van der Waals surface area contributed by atoms with E-state index in [0.29, 0.717) is 47.2 Å². The Labute approximate surface area is 208 Å². The lowest BCUT2D eigenvalue weighted by molar-refractivity contribution is 0.0471. The van der Waals surface area contributed by atoms with Crippen LogP contribution in [0.25, 0.3) is 5.65 Å². The first-order chi connectivity index (χ1) is 17.0. The highest BCUT2D eigenvalue weighted by Crippen LogP contribution is 2.38. The second-order valence-corrected chi connectivity index (χ2v) is 10.4. The summed E-state index contributed by atoms with van der Waals surface area (Å²) in [5.41, 5.74) is 2.80. The van der Waals surface area contributed by atoms with Crippen molar-refractivity contribution in [2.75, 3.05) is 6.54 Å². The normalized spacial score (nSPS) is 23.7. The summed E-state index contributed by atoms with van der Waals surface area (Å²) in [7, 11) is 0. The van der Waals surface area contributed by atoms with Gasteiger partial charge in [0, 0.05) is 29.9 Å². The number of ether oxygens (including phenoxy) is 1. The summed E-state index contributed by atoms with van der Waals surface area (Å²) in [6.45, 7) is 4.13. The number of nitrogens with zero attached hydrogens (tertiary/aromatic N) is 5. The molecule has 7 nitrogen and oxygen atoms in total. The summed E-state index contributed by atoms with van der Waals surface area (Å²) in [4.78, 5) is 22.3. The SMILES string of the molecule is CCCCN1[C@@H]2CC[C@H]1CC(Oc1cc(F)ccc1C(=O)N1Cc3nn4cc(Cl)cnc4c3C1)C2. The molecule has 6 rings (SSSR count). The molecule has 1 unspecified atom stereocenters. The molecule has 3 aromatic rings. The van der Waals surface area contributed by atoms with Crippen molar-refractivity contribution in [2.24, 2.45) is 0 Å². The van der Waals surface area contributed by atoms with Gasteiger partial charge in [0.25, 0.3) is 5.91 Å². The maximum absolute atomic E-state index is 14.2. The van der Waals surface area contributed by atoms with Crippen molar-refractivity contribution in [2.45, 2.75) is 76.7 Å². The van der Waals surface area contributed by atoms with Gasteiger partial charge in [0.2, 0.25) is 0 Å². The molecule has 184 valence electrons. The number of unbranched alkanes of at least 4 members (excludes halogenated alkanes) is 1. The number of aromatic nitrogens is 3. The molecule has 3 aliphatic heterocycles. The molecule has 0 spiro atoms. The van der Waals surface area contributed by atoms with Crippen LogP contribution in [-0.4, -0.2) is 55.0 Å². The molecule has 35 heavy (non-hydrogen) atoms. The van der Waals surface area contributed by atoms with Crippen LogP contribution in [0.15, 0.2) is 30.6 Å². The van der Waals surface area contributed by atoms with Gasteiger partial charge in [0.1, 0.15) is 17.7 Å². The fourth-order valence-electron chi connectivity index (χ4n) is 6.01. The van der Waals surface area contributed by atoms with E-state index in [2.05, 4.69) is 21.9 Å². The van der Waals surface area contributed by atoms with Crippen LogP contribution in [0.2, 0.25) is 5.02 Å². The Kier molecular flexibility index (Phi) is 5.89. The highest BCUT2D eigenvalue weighted by molar-refractivity contribution is 6.30. The van der Waals surface area contributed by atoms with E-state index in [0.717, 1.165) is 30.6 Å². The number of hydrogen-bond acceptors (Lipinski definition) is 5. The van der Waals surface area contributed by atoms with E-state index in [1.54, 1.807) is 27.9 Å². The van der Waals surface area contributed by atoms with Gasteiger partial charge in [-0.15, -0.1) is 0 Å². The molecule has 9 heteroatoms. The molecule has 2 fully saturated rings. The largest absolute Gasteiger partial charge is 0.489 e. The van der Waals surface area contributed by atoms with E-state index < -0.39 is 5.82 Å². The van der Waals surface area contributed by atoms with Crippen LogP contribution >= 0.6 is 11.6 Å². The van der Waals surface area contributed by atoms with E-state index in [-0.39, 0.29) is 12.0 Å². The van der Waals surface area contributed by atoms with Crippen LogP contribution in [0, 0.1) is 5.82 Å². The monoisotopic (exact) mass is 497 g/mol. The van der Waals surface area contributed by atoms with Gasteiger partial charge in [-0.05, 0) is 50.8 Å². The second-order valence-electron chi connectivity index (χ2n) is 9.95. The number of fused-ring (bicyclic) bond motifs is 5. The van der Waals surface area contributed by atoms with Gasteiger partial charge in [-0.25, -0.2) is 13.9 Å². The third-order valence-corrected chi connectivity index (χ3v) is 7.87. The molecule has 3 aliphatic rings. The number of piperidine rings is 1. The molecule has 2 aromatic heterocycles. The van der Waals surface area contributed by atoms with Crippen molar-refractivity contribution >= 4 is 23.2 Å². The van der Waals surface area contributed by atoms with Crippen LogP contribution in [0.5, 0.6) is 5.75 Å². The van der Waals surface area contributed by atoms with Gasteiger partial charge >= 0.3 is 0 Å². The standard InChI is InChI=1S/C26H29ClFN5O2/c1-2-3-8-32-18-5-6-19(32)11-20(10-18)35-24-9-17(28)4-7-21(24)26(34)31-14-22-23(15-31)30-33-13-16(27)12-29-25(22)33/h4,7,9,12-13,18-20H,2-3,5-6,8,10-11,14-15H2,1H3/t18-,19+,20?. The Balaban J connectivity index is 1.19. The molecule has 0 N–H and O–H groups in total. The first-order valence-corrected chi connectivity index (χ1v) is 12.9. The zero-order chi connectivity index (χ0) is 24.1. The summed E-state index contributed by atoms with van der Waals surface area (Å²) in [5, 5.41) is 5.05. The van der Waals surface area contributed by atoms with Gasteiger partial charge in [-0.1, -0.05) is 24.9 Å². The van der Waals surface area contributed by atoms with Crippen molar-refractivity contribution in [3.05, 3.63) is 58.3 Å². The van der Waals surface area contributed by atoms with Crippen LogP contribution in [0.3, 0.4) is 0 Å². The number of carbonyl (C=O) groups is 1.